The number of H-pyrrole nitrogens is 1. The summed E-state index contributed by atoms with van der Waals surface area (Å²) >= 11 is 0. The van der Waals surface area contributed by atoms with Gasteiger partial charge in [-0.2, -0.15) is 0 Å². The van der Waals surface area contributed by atoms with E-state index in [0.29, 0.717) is 6.42 Å². The number of carbonyl (C=O) groups excluding carboxylic acids is 1. The minimum absolute atomic E-state index is 0.160. The standard InChI is InChI=1S/C14H16N4O/c19-14(18-7-1-2-8-18)9-13-16-10-12(17-13)11-3-5-15-6-4-11/h3-6,10H,1-2,7-9H2,(H,16,17). The molecule has 19 heavy (non-hydrogen) atoms. The molecule has 1 fully saturated rings. The number of aromatic nitrogens is 3. The van der Waals surface area contributed by atoms with Gasteiger partial charge in [0.05, 0.1) is 18.3 Å². The zero-order valence-corrected chi connectivity index (χ0v) is 10.7. The van der Waals surface area contributed by atoms with Crippen LogP contribution in [0.25, 0.3) is 11.3 Å². The van der Waals surface area contributed by atoms with Crippen LogP contribution in [0.15, 0.2) is 30.7 Å². The Hall–Kier alpha value is -2.17. The number of carbonyl (C=O) groups is 1. The van der Waals surface area contributed by atoms with E-state index in [9.17, 15) is 4.79 Å². The highest BCUT2D eigenvalue weighted by Crippen LogP contribution is 2.16. The van der Waals surface area contributed by atoms with Gasteiger partial charge in [-0.25, -0.2) is 4.98 Å². The van der Waals surface area contributed by atoms with Gasteiger partial charge in [-0.15, -0.1) is 0 Å². The predicted octanol–water partition coefficient (Wildman–Crippen LogP) is 1.64. The van der Waals surface area contributed by atoms with Gasteiger partial charge in [-0.3, -0.25) is 9.78 Å². The molecule has 1 N–H and O–H groups in total. The summed E-state index contributed by atoms with van der Waals surface area (Å²) in [6.07, 6.45) is 7.84. The molecule has 0 saturated carbocycles. The van der Waals surface area contributed by atoms with Crippen LogP contribution in [-0.2, 0) is 11.2 Å². The van der Waals surface area contributed by atoms with Crippen LogP contribution in [0.2, 0.25) is 0 Å². The minimum atomic E-state index is 0.160. The number of aromatic amines is 1. The Morgan fingerprint density at radius 2 is 2.00 bits per heavy atom. The van der Waals surface area contributed by atoms with Crippen LogP contribution >= 0.6 is 0 Å². The first-order valence-corrected chi connectivity index (χ1v) is 6.55. The van der Waals surface area contributed by atoms with Crippen LogP contribution in [0.1, 0.15) is 18.7 Å². The molecule has 3 rings (SSSR count). The van der Waals surface area contributed by atoms with E-state index < -0.39 is 0 Å². The van der Waals surface area contributed by atoms with Crippen molar-refractivity contribution in [2.24, 2.45) is 0 Å². The molecule has 0 atom stereocenters. The largest absolute Gasteiger partial charge is 0.342 e. The van der Waals surface area contributed by atoms with Crippen LogP contribution in [0.5, 0.6) is 0 Å². The third-order valence-electron chi connectivity index (χ3n) is 3.40. The summed E-state index contributed by atoms with van der Waals surface area (Å²) in [5.41, 5.74) is 1.95. The first-order chi connectivity index (χ1) is 9.33. The maximum absolute atomic E-state index is 12.0. The quantitative estimate of drug-likeness (QED) is 0.908. The maximum Gasteiger partial charge on any atom is 0.230 e. The Kier molecular flexibility index (Phi) is 3.27. The van der Waals surface area contributed by atoms with Crippen molar-refractivity contribution in [3.05, 3.63) is 36.5 Å². The predicted molar refractivity (Wildman–Crippen MR) is 71.3 cm³/mol. The topological polar surface area (TPSA) is 61.9 Å². The molecule has 1 amide bonds. The number of hydrogen-bond acceptors (Lipinski definition) is 3. The van der Waals surface area contributed by atoms with E-state index in [0.717, 1.165) is 43.0 Å². The summed E-state index contributed by atoms with van der Waals surface area (Å²) in [5, 5.41) is 0. The Balaban J connectivity index is 1.70. The smallest absolute Gasteiger partial charge is 0.230 e. The molecule has 0 aromatic carbocycles. The van der Waals surface area contributed by atoms with Crippen LogP contribution in [-0.4, -0.2) is 38.8 Å². The number of rotatable bonds is 3. The Bertz CT molecular complexity index is 558. The molecule has 1 saturated heterocycles. The highest BCUT2D eigenvalue weighted by molar-refractivity contribution is 5.78. The van der Waals surface area contributed by atoms with Crippen LogP contribution in [0.4, 0.5) is 0 Å². The Morgan fingerprint density at radius 1 is 1.26 bits per heavy atom. The van der Waals surface area contributed by atoms with Crippen LogP contribution in [0.3, 0.4) is 0 Å². The molecule has 0 spiro atoms. The third kappa shape index (κ3) is 2.65. The number of imidazole rings is 1. The SMILES string of the molecule is O=C(Cc1ncc(-c2ccncc2)[nH]1)N1CCCC1. The first-order valence-electron chi connectivity index (χ1n) is 6.55. The van der Waals surface area contributed by atoms with E-state index in [1.54, 1.807) is 18.6 Å². The average molecular weight is 256 g/mol. The summed E-state index contributed by atoms with van der Waals surface area (Å²) in [6.45, 7) is 1.77. The first kappa shape index (κ1) is 11.9. The van der Waals surface area contributed by atoms with E-state index in [4.69, 9.17) is 0 Å². The molecule has 2 aromatic heterocycles. The number of amides is 1. The van der Waals surface area contributed by atoms with Gasteiger partial charge < -0.3 is 9.88 Å². The molecule has 5 nitrogen and oxygen atoms in total. The lowest BCUT2D eigenvalue weighted by Gasteiger charge is -2.13. The van der Waals surface area contributed by atoms with Gasteiger partial charge in [-0.05, 0) is 25.0 Å². The van der Waals surface area contributed by atoms with E-state index in [1.165, 1.54) is 0 Å². The molecule has 1 aliphatic rings. The summed E-state index contributed by atoms with van der Waals surface area (Å²) in [7, 11) is 0. The van der Waals surface area contributed by atoms with Gasteiger partial charge in [0.15, 0.2) is 0 Å². The fourth-order valence-electron chi connectivity index (χ4n) is 2.35. The molecule has 0 aliphatic carbocycles. The summed E-state index contributed by atoms with van der Waals surface area (Å²) < 4.78 is 0. The van der Waals surface area contributed by atoms with Crippen molar-refractivity contribution < 1.29 is 4.79 Å². The van der Waals surface area contributed by atoms with Crippen LogP contribution < -0.4 is 0 Å². The van der Waals surface area contributed by atoms with Crippen molar-refractivity contribution in [1.82, 2.24) is 19.9 Å². The normalized spacial score (nSPS) is 14.8. The fourth-order valence-corrected chi connectivity index (χ4v) is 2.35. The zero-order chi connectivity index (χ0) is 13.1. The Labute approximate surface area is 111 Å². The lowest BCUT2D eigenvalue weighted by molar-refractivity contribution is -0.129. The lowest BCUT2D eigenvalue weighted by atomic mass is 10.2. The van der Waals surface area contributed by atoms with E-state index in [-0.39, 0.29) is 5.91 Å². The van der Waals surface area contributed by atoms with Crippen molar-refractivity contribution >= 4 is 5.91 Å². The van der Waals surface area contributed by atoms with E-state index >= 15 is 0 Å². The molecule has 3 heterocycles. The van der Waals surface area contributed by atoms with Crippen molar-refractivity contribution in [2.75, 3.05) is 13.1 Å². The number of nitrogens with one attached hydrogen (secondary N) is 1. The molecule has 5 heteroatoms. The second-order valence-corrected chi connectivity index (χ2v) is 4.74. The monoisotopic (exact) mass is 256 g/mol. The van der Waals surface area contributed by atoms with Crippen molar-refractivity contribution in [3.8, 4) is 11.3 Å². The fraction of sp³-hybridized carbons (Fsp3) is 0.357. The second-order valence-electron chi connectivity index (χ2n) is 4.74. The number of likely N-dealkylation sites (tertiary alicyclic amines) is 1. The van der Waals surface area contributed by atoms with Crippen LogP contribution in [0, 0.1) is 0 Å². The molecule has 0 radical (unpaired) electrons. The molecule has 98 valence electrons. The van der Waals surface area contributed by atoms with Crippen molar-refractivity contribution in [2.45, 2.75) is 19.3 Å². The molecule has 0 bridgehead atoms. The van der Waals surface area contributed by atoms with E-state index in [2.05, 4.69) is 15.0 Å². The summed E-state index contributed by atoms with van der Waals surface area (Å²) in [5.74, 6) is 0.886. The molecule has 2 aromatic rings. The van der Waals surface area contributed by atoms with Crippen molar-refractivity contribution in [3.63, 3.8) is 0 Å². The van der Waals surface area contributed by atoms with Gasteiger partial charge in [0.1, 0.15) is 5.82 Å². The molecule has 0 unspecified atom stereocenters. The second kappa shape index (κ2) is 5.22. The lowest BCUT2D eigenvalue weighted by Crippen LogP contribution is -2.29. The highest BCUT2D eigenvalue weighted by atomic mass is 16.2. The minimum Gasteiger partial charge on any atom is -0.342 e. The van der Waals surface area contributed by atoms with Gasteiger partial charge >= 0.3 is 0 Å². The van der Waals surface area contributed by atoms with E-state index in [1.807, 2.05) is 17.0 Å². The highest BCUT2D eigenvalue weighted by Gasteiger charge is 2.19. The van der Waals surface area contributed by atoms with Gasteiger partial charge in [0, 0.05) is 31.0 Å². The molecular weight excluding hydrogens is 240 g/mol. The third-order valence-corrected chi connectivity index (χ3v) is 3.40. The van der Waals surface area contributed by atoms with Gasteiger partial charge in [0.2, 0.25) is 5.91 Å². The average Bonchev–Trinajstić information content (AvgIpc) is 3.11. The molecule has 1 aliphatic heterocycles. The van der Waals surface area contributed by atoms with Crippen molar-refractivity contribution in [1.29, 1.82) is 0 Å². The number of nitrogens with zero attached hydrogens (tertiary/aromatic N) is 3. The maximum atomic E-state index is 12.0. The number of pyridine rings is 1. The number of hydrogen-bond donors (Lipinski definition) is 1. The Morgan fingerprint density at radius 3 is 2.74 bits per heavy atom. The summed E-state index contributed by atoms with van der Waals surface area (Å²) in [4.78, 5) is 25.4. The van der Waals surface area contributed by atoms with Gasteiger partial charge in [-0.1, -0.05) is 0 Å². The van der Waals surface area contributed by atoms with Gasteiger partial charge in [0.25, 0.3) is 0 Å². The summed E-state index contributed by atoms with van der Waals surface area (Å²) in [6, 6.07) is 3.83. The zero-order valence-electron chi connectivity index (χ0n) is 10.7. The molecular formula is C14H16N4O.